The van der Waals surface area contributed by atoms with Crippen LogP contribution in [-0.2, 0) is 14.3 Å². The van der Waals surface area contributed by atoms with Crippen LogP contribution in [0.15, 0.2) is 24.3 Å². The summed E-state index contributed by atoms with van der Waals surface area (Å²) in [5, 5.41) is 0.771. The summed E-state index contributed by atoms with van der Waals surface area (Å²) in [4.78, 5) is 17.8. The molecule has 1 aromatic carbocycles. The second kappa shape index (κ2) is 7.10. The SMILES string of the molecule is C[C@@H]1CCC[C@@]2(C)C[C@H]3OC(=O)[C@@H](CN4CCN(c5ccc(Cl)cc5)CC4)[C@@H]3[C@@H]3O[C@]132. The van der Waals surface area contributed by atoms with Crippen LogP contribution in [0.3, 0.4) is 0 Å². The molecule has 6 heteroatoms. The smallest absolute Gasteiger partial charge is 0.311 e. The molecule has 1 aromatic rings. The van der Waals surface area contributed by atoms with Crippen molar-refractivity contribution < 1.29 is 14.3 Å². The highest BCUT2D eigenvalue weighted by Crippen LogP contribution is 2.70. The number of esters is 1. The fourth-order valence-electron chi connectivity index (χ4n) is 7.56. The van der Waals surface area contributed by atoms with Gasteiger partial charge in [-0.1, -0.05) is 31.9 Å². The quantitative estimate of drug-likeness (QED) is 0.521. The fraction of sp³-hybridized carbons (Fsp3) is 0.720. The van der Waals surface area contributed by atoms with Crippen LogP contribution in [0.5, 0.6) is 0 Å². The van der Waals surface area contributed by atoms with E-state index >= 15 is 0 Å². The summed E-state index contributed by atoms with van der Waals surface area (Å²) in [5.74, 6) is 0.776. The molecule has 0 radical (unpaired) electrons. The van der Waals surface area contributed by atoms with Gasteiger partial charge in [0.2, 0.25) is 0 Å². The first kappa shape index (κ1) is 20.3. The monoisotopic (exact) mass is 444 g/mol. The van der Waals surface area contributed by atoms with Gasteiger partial charge in [-0.15, -0.1) is 0 Å². The molecule has 168 valence electrons. The van der Waals surface area contributed by atoms with Crippen molar-refractivity contribution in [2.75, 3.05) is 37.6 Å². The lowest BCUT2D eigenvalue weighted by molar-refractivity contribution is -0.146. The van der Waals surface area contributed by atoms with Gasteiger partial charge in [-0.05, 0) is 49.4 Å². The molecule has 0 aromatic heterocycles. The molecule has 0 bridgehead atoms. The van der Waals surface area contributed by atoms with E-state index < -0.39 is 0 Å². The standard InChI is InChI=1S/C25H33ClN2O3/c1-16-4-3-9-24(2)14-20-21(22-25(16,24)31-22)19(23(29)30-20)15-27-10-12-28(13-11-27)18-7-5-17(26)6-8-18/h5-8,16,19-22H,3-4,9-15H2,1-2H3/t16-,19+,20-,21+,22+,24+,25-/m1/s1. The first-order chi connectivity index (χ1) is 14.9. The average molecular weight is 445 g/mol. The van der Waals surface area contributed by atoms with Crippen molar-refractivity contribution in [1.82, 2.24) is 4.90 Å². The van der Waals surface area contributed by atoms with Crippen molar-refractivity contribution in [3.05, 3.63) is 29.3 Å². The first-order valence-electron chi connectivity index (χ1n) is 12.0. The molecule has 3 heterocycles. The minimum atomic E-state index is -0.0462. The highest BCUT2D eigenvalue weighted by Gasteiger charge is 2.78. The van der Waals surface area contributed by atoms with Crippen molar-refractivity contribution in [3.63, 3.8) is 0 Å². The molecule has 31 heavy (non-hydrogen) atoms. The summed E-state index contributed by atoms with van der Waals surface area (Å²) < 4.78 is 12.6. The molecule has 0 N–H and O–H groups in total. The number of piperazine rings is 1. The number of hydrogen-bond acceptors (Lipinski definition) is 5. The fourth-order valence-corrected chi connectivity index (χ4v) is 7.69. The van der Waals surface area contributed by atoms with E-state index in [0.29, 0.717) is 5.92 Å². The zero-order valence-corrected chi connectivity index (χ0v) is 19.3. The number of rotatable bonds is 3. The molecule has 0 amide bonds. The van der Waals surface area contributed by atoms with Gasteiger partial charge in [-0.25, -0.2) is 0 Å². The molecular formula is C25H33ClN2O3. The molecule has 7 atom stereocenters. The third kappa shape index (κ3) is 2.99. The number of halogens is 1. The first-order valence-corrected chi connectivity index (χ1v) is 12.4. The van der Waals surface area contributed by atoms with Crippen molar-refractivity contribution in [3.8, 4) is 0 Å². The summed E-state index contributed by atoms with van der Waals surface area (Å²) in [6.07, 6.45) is 4.94. The third-order valence-electron chi connectivity index (χ3n) is 9.21. The van der Waals surface area contributed by atoms with Gasteiger partial charge in [0.1, 0.15) is 11.7 Å². The van der Waals surface area contributed by atoms with Crippen molar-refractivity contribution in [1.29, 1.82) is 0 Å². The summed E-state index contributed by atoms with van der Waals surface area (Å²) >= 11 is 6.03. The molecular weight excluding hydrogens is 412 g/mol. The Kier molecular flexibility index (Phi) is 4.65. The number of nitrogens with zero attached hydrogens (tertiary/aromatic N) is 2. The van der Waals surface area contributed by atoms with E-state index in [9.17, 15) is 4.79 Å². The summed E-state index contributed by atoms with van der Waals surface area (Å²) in [6.45, 7) is 9.42. The molecule has 5 nitrogen and oxygen atoms in total. The van der Waals surface area contributed by atoms with Crippen LogP contribution in [0.25, 0.3) is 0 Å². The number of fused-ring (bicyclic) bond motifs is 2. The second-order valence-corrected chi connectivity index (χ2v) is 11.2. The van der Waals surface area contributed by atoms with Crippen LogP contribution in [0.2, 0.25) is 5.02 Å². The zero-order valence-electron chi connectivity index (χ0n) is 18.6. The van der Waals surface area contributed by atoms with Gasteiger partial charge < -0.3 is 14.4 Å². The van der Waals surface area contributed by atoms with E-state index in [1.807, 2.05) is 12.1 Å². The minimum Gasteiger partial charge on any atom is -0.462 e. The van der Waals surface area contributed by atoms with Gasteiger partial charge in [-0.3, -0.25) is 9.69 Å². The normalized spacial score (nSPS) is 44.3. The summed E-state index contributed by atoms with van der Waals surface area (Å²) in [5.41, 5.74) is 1.37. The number of anilines is 1. The van der Waals surface area contributed by atoms with E-state index in [1.165, 1.54) is 24.9 Å². The van der Waals surface area contributed by atoms with Crippen LogP contribution < -0.4 is 4.90 Å². The Morgan fingerprint density at radius 1 is 1.16 bits per heavy atom. The Bertz CT molecular complexity index is 870. The van der Waals surface area contributed by atoms with Crippen LogP contribution in [0.1, 0.15) is 39.5 Å². The highest BCUT2D eigenvalue weighted by atomic mass is 35.5. The molecule has 5 aliphatic rings. The number of carbonyl (C=O) groups is 1. The van der Waals surface area contributed by atoms with E-state index in [1.54, 1.807) is 0 Å². The van der Waals surface area contributed by atoms with Gasteiger partial charge in [-0.2, -0.15) is 0 Å². The maximum absolute atomic E-state index is 13.0. The van der Waals surface area contributed by atoms with E-state index in [4.69, 9.17) is 21.1 Å². The maximum Gasteiger partial charge on any atom is 0.311 e. The second-order valence-electron chi connectivity index (χ2n) is 10.8. The van der Waals surface area contributed by atoms with Crippen LogP contribution in [0.4, 0.5) is 5.69 Å². The minimum absolute atomic E-state index is 0.00801. The van der Waals surface area contributed by atoms with Crippen LogP contribution >= 0.6 is 11.6 Å². The molecule has 1 spiro atoms. The molecule has 5 fully saturated rings. The largest absolute Gasteiger partial charge is 0.462 e. The third-order valence-corrected chi connectivity index (χ3v) is 9.46. The van der Waals surface area contributed by atoms with Gasteiger partial charge in [0.15, 0.2) is 0 Å². The predicted octanol–water partition coefficient (Wildman–Crippen LogP) is 3.99. The zero-order chi connectivity index (χ0) is 21.4. The van der Waals surface area contributed by atoms with Gasteiger partial charge in [0.05, 0.1) is 12.0 Å². The Hall–Kier alpha value is -1.30. The molecule has 3 saturated heterocycles. The number of carbonyl (C=O) groups excluding carboxylic acids is 1. The van der Waals surface area contributed by atoms with Crippen LogP contribution in [-0.4, -0.2) is 61.4 Å². The lowest BCUT2D eigenvalue weighted by Crippen LogP contribution is -2.55. The van der Waals surface area contributed by atoms with Crippen molar-refractivity contribution in [2.24, 2.45) is 23.2 Å². The lowest BCUT2D eigenvalue weighted by Gasteiger charge is -2.49. The summed E-state index contributed by atoms with van der Waals surface area (Å²) in [7, 11) is 0. The maximum atomic E-state index is 13.0. The average Bonchev–Trinajstić information content (AvgIpc) is 3.44. The molecule has 3 aliphatic heterocycles. The highest BCUT2D eigenvalue weighted by molar-refractivity contribution is 6.30. The Labute approximate surface area is 190 Å². The van der Waals surface area contributed by atoms with Crippen LogP contribution in [0, 0.1) is 23.2 Å². The van der Waals surface area contributed by atoms with E-state index in [-0.39, 0.29) is 41.0 Å². The van der Waals surface area contributed by atoms with Gasteiger partial charge in [0.25, 0.3) is 0 Å². The molecule has 2 saturated carbocycles. The molecule has 6 rings (SSSR count). The number of ether oxygens (including phenoxy) is 2. The summed E-state index contributed by atoms with van der Waals surface area (Å²) in [6, 6.07) is 8.08. The Balaban J connectivity index is 1.14. The topological polar surface area (TPSA) is 45.3 Å². The molecule has 2 aliphatic carbocycles. The van der Waals surface area contributed by atoms with Gasteiger partial charge in [0, 0.05) is 54.8 Å². The van der Waals surface area contributed by atoms with Gasteiger partial charge >= 0.3 is 5.97 Å². The number of benzene rings is 1. The lowest BCUT2D eigenvalue weighted by atomic mass is 9.53. The predicted molar refractivity (Wildman–Crippen MR) is 120 cm³/mol. The van der Waals surface area contributed by atoms with Crippen molar-refractivity contribution in [2.45, 2.75) is 57.3 Å². The Morgan fingerprint density at radius 2 is 1.90 bits per heavy atom. The van der Waals surface area contributed by atoms with E-state index in [0.717, 1.165) is 44.2 Å². The van der Waals surface area contributed by atoms with E-state index in [2.05, 4.69) is 35.8 Å². The van der Waals surface area contributed by atoms with Crippen molar-refractivity contribution >= 4 is 23.3 Å². The number of hydrogen-bond donors (Lipinski definition) is 0. The Morgan fingerprint density at radius 3 is 2.65 bits per heavy atom. The number of epoxide rings is 1. The molecule has 0 unspecified atom stereocenters.